The molecule has 0 spiro atoms. The number of rotatable bonds is 5. The van der Waals surface area contributed by atoms with Gasteiger partial charge < -0.3 is 4.74 Å². The lowest BCUT2D eigenvalue weighted by atomic mass is 10.1. The second-order valence-corrected chi connectivity index (χ2v) is 5.26. The quantitative estimate of drug-likeness (QED) is 0.707. The third-order valence-corrected chi connectivity index (χ3v) is 3.65. The smallest absolute Gasteiger partial charge is 0.219 e. The summed E-state index contributed by atoms with van der Waals surface area (Å²) in [5.74, 6) is 1.95. The lowest BCUT2D eigenvalue weighted by Gasteiger charge is -2.11. The molecule has 20 heavy (non-hydrogen) atoms. The highest BCUT2D eigenvalue weighted by molar-refractivity contribution is 6.17. The first kappa shape index (κ1) is 14.9. The molecule has 2 nitrogen and oxygen atoms in total. The van der Waals surface area contributed by atoms with Crippen LogP contribution in [0.2, 0.25) is 0 Å². The molecule has 2 rings (SSSR count). The summed E-state index contributed by atoms with van der Waals surface area (Å²) in [4.78, 5) is 4.56. The predicted molar refractivity (Wildman–Crippen MR) is 83.8 cm³/mol. The number of nitrogens with zero attached hydrogens (tertiary/aromatic N) is 1. The van der Waals surface area contributed by atoms with Crippen LogP contribution in [-0.4, -0.2) is 4.98 Å². The third kappa shape index (κ3) is 3.51. The summed E-state index contributed by atoms with van der Waals surface area (Å²) in [7, 11) is 0. The molecular formula is C17H20ClNO. The normalized spacial score (nSPS) is 10.6. The molecule has 1 aromatic carbocycles. The molecule has 0 unspecified atom stereocenters. The number of pyridine rings is 1. The van der Waals surface area contributed by atoms with Gasteiger partial charge in [0.1, 0.15) is 5.75 Å². The van der Waals surface area contributed by atoms with Crippen LogP contribution >= 0.6 is 11.6 Å². The van der Waals surface area contributed by atoms with Crippen LogP contribution in [0, 0.1) is 13.8 Å². The van der Waals surface area contributed by atoms with Crippen molar-refractivity contribution in [2.24, 2.45) is 0 Å². The van der Waals surface area contributed by atoms with Crippen molar-refractivity contribution in [2.45, 2.75) is 39.5 Å². The zero-order chi connectivity index (χ0) is 14.5. The monoisotopic (exact) mass is 289 g/mol. The molecule has 0 radical (unpaired) electrons. The Morgan fingerprint density at radius 1 is 1.20 bits per heavy atom. The molecule has 0 fully saturated rings. The Hall–Kier alpha value is -1.54. The number of hydrogen-bond donors (Lipinski definition) is 0. The Balaban J connectivity index is 2.32. The van der Waals surface area contributed by atoms with Crippen LogP contribution in [0.5, 0.6) is 11.6 Å². The molecule has 0 saturated carbocycles. The van der Waals surface area contributed by atoms with E-state index in [4.69, 9.17) is 16.3 Å². The van der Waals surface area contributed by atoms with Gasteiger partial charge in [-0.05, 0) is 49.1 Å². The maximum absolute atomic E-state index is 5.95. The van der Waals surface area contributed by atoms with Crippen molar-refractivity contribution < 1.29 is 4.74 Å². The molecule has 0 aliphatic heterocycles. The molecule has 0 bridgehead atoms. The molecule has 106 valence electrons. The zero-order valence-corrected chi connectivity index (χ0v) is 13.0. The molecule has 0 aliphatic rings. The third-order valence-electron chi connectivity index (χ3n) is 3.34. The van der Waals surface area contributed by atoms with Gasteiger partial charge >= 0.3 is 0 Å². The Kier molecular flexibility index (Phi) is 5.02. The van der Waals surface area contributed by atoms with E-state index in [0.29, 0.717) is 11.8 Å². The van der Waals surface area contributed by atoms with Gasteiger partial charge in [0.05, 0.1) is 0 Å². The first-order valence-corrected chi connectivity index (χ1v) is 7.47. The maximum Gasteiger partial charge on any atom is 0.219 e. The summed E-state index contributed by atoms with van der Waals surface area (Å²) in [6, 6.07) is 10.0. The number of aryl methyl sites for hydroxylation is 2. The zero-order valence-electron chi connectivity index (χ0n) is 12.2. The summed E-state index contributed by atoms with van der Waals surface area (Å²) in [6.45, 7) is 6.27. The highest BCUT2D eigenvalue weighted by atomic mass is 35.5. The van der Waals surface area contributed by atoms with Crippen molar-refractivity contribution in [1.29, 1.82) is 0 Å². The van der Waals surface area contributed by atoms with Crippen LogP contribution in [-0.2, 0) is 12.3 Å². The van der Waals surface area contributed by atoms with Crippen LogP contribution in [0.3, 0.4) is 0 Å². The van der Waals surface area contributed by atoms with Crippen LogP contribution in [0.15, 0.2) is 30.3 Å². The van der Waals surface area contributed by atoms with E-state index in [0.717, 1.165) is 35.4 Å². The fourth-order valence-electron chi connectivity index (χ4n) is 2.08. The Morgan fingerprint density at radius 3 is 2.70 bits per heavy atom. The van der Waals surface area contributed by atoms with E-state index in [1.54, 1.807) is 0 Å². The van der Waals surface area contributed by atoms with Crippen molar-refractivity contribution >= 4 is 11.6 Å². The highest BCUT2D eigenvalue weighted by Crippen LogP contribution is 2.27. The van der Waals surface area contributed by atoms with Gasteiger partial charge in [0.2, 0.25) is 5.88 Å². The summed E-state index contributed by atoms with van der Waals surface area (Å²) in [5, 5.41) is 0. The maximum atomic E-state index is 5.95. The fourth-order valence-corrected chi connectivity index (χ4v) is 2.24. The van der Waals surface area contributed by atoms with Gasteiger partial charge in [-0.3, -0.25) is 0 Å². The lowest BCUT2D eigenvalue weighted by molar-refractivity contribution is 0.456. The molecule has 0 saturated heterocycles. The van der Waals surface area contributed by atoms with E-state index in [-0.39, 0.29) is 0 Å². The Bertz CT molecular complexity index is 596. The van der Waals surface area contributed by atoms with Gasteiger partial charge in [0.15, 0.2) is 0 Å². The standard InChI is InChI=1S/C17H20ClNO/c1-4-6-15-9-14(11-18)10-17(19-15)20-16-8-5-7-12(2)13(16)3/h5,7-10H,4,6,11H2,1-3H3. The largest absolute Gasteiger partial charge is 0.439 e. The average Bonchev–Trinajstić information content (AvgIpc) is 2.44. The number of halogens is 1. The van der Waals surface area contributed by atoms with Crippen LogP contribution < -0.4 is 4.74 Å². The molecule has 1 heterocycles. The van der Waals surface area contributed by atoms with Crippen LogP contribution in [0.4, 0.5) is 0 Å². The van der Waals surface area contributed by atoms with Crippen molar-refractivity contribution in [3.63, 3.8) is 0 Å². The van der Waals surface area contributed by atoms with Gasteiger partial charge in [-0.25, -0.2) is 4.98 Å². The number of hydrogen-bond acceptors (Lipinski definition) is 2. The summed E-state index contributed by atoms with van der Waals surface area (Å²) in [6.07, 6.45) is 2.00. The minimum absolute atomic E-state index is 0.475. The predicted octanol–water partition coefficient (Wildman–Crippen LogP) is 5.18. The van der Waals surface area contributed by atoms with Crippen LogP contribution in [0.25, 0.3) is 0 Å². The minimum Gasteiger partial charge on any atom is -0.439 e. The summed E-state index contributed by atoms with van der Waals surface area (Å²) >= 11 is 5.95. The minimum atomic E-state index is 0.475. The van der Waals surface area contributed by atoms with Gasteiger partial charge in [-0.2, -0.15) is 0 Å². The lowest BCUT2D eigenvalue weighted by Crippen LogP contribution is -1.97. The van der Waals surface area contributed by atoms with E-state index in [9.17, 15) is 0 Å². The molecule has 0 amide bonds. The molecular weight excluding hydrogens is 270 g/mol. The fraction of sp³-hybridized carbons (Fsp3) is 0.353. The van der Waals surface area contributed by atoms with Crippen molar-refractivity contribution in [1.82, 2.24) is 4.98 Å². The number of alkyl halides is 1. The van der Waals surface area contributed by atoms with Gasteiger partial charge in [0.25, 0.3) is 0 Å². The Labute approximate surface area is 125 Å². The number of benzene rings is 1. The van der Waals surface area contributed by atoms with Gasteiger partial charge in [-0.15, -0.1) is 11.6 Å². The summed E-state index contributed by atoms with van der Waals surface area (Å²) in [5.41, 5.74) is 4.43. The molecule has 1 aromatic heterocycles. The van der Waals surface area contributed by atoms with Crippen molar-refractivity contribution in [3.05, 3.63) is 52.7 Å². The second kappa shape index (κ2) is 6.76. The molecule has 2 aromatic rings. The Morgan fingerprint density at radius 2 is 2.00 bits per heavy atom. The van der Waals surface area contributed by atoms with Crippen molar-refractivity contribution in [2.75, 3.05) is 0 Å². The first-order valence-electron chi connectivity index (χ1n) is 6.94. The molecule has 0 N–H and O–H groups in total. The van der Waals surface area contributed by atoms with E-state index in [1.165, 1.54) is 5.56 Å². The second-order valence-electron chi connectivity index (χ2n) is 4.99. The van der Waals surface area contributed by atoms with E-state index in [1.807, 2.05) is 24.3 Å². The molecule has 0 atom stereocenters. The van der Waals surface area contributed by atoms with E-state index < -0.39 is 0 Å². The van der Waals surface area contributed by atoms with Gasteiger partial charge in [0, 0.05) is 17.6 Å². The highest BCUT2D eigenvalue weighted by Gasteiger charge is 2.07. The van der Waals surface area contributed by atoms with Crippen molar-refractivity contribution in [3.8, 4) is 11.6 Å². The molecule has 0 aliphatic carbocycles. The van der Waals surface area contributed by atoms with Gasteiger partial charge in [-0.1, -0.05) is 25.5 Å². The van der Waals surface area contributed by atoms with E-state index >= 15 is 0 Å². The average molecular weight is 290 g/mol. The van der Waals surface area contributed by atoms with E-state index in [2.05, 4.69) is 31.8 Å². The number of ether oxygens (including phenoxy) is 1. The SMILES string of the molecule is CCCc1cc(CCl)cc(Oc2cccc(C)c2C)n1. The summed E-state index contributed by atoms with van der Waals surface area (Å²) < 4.78 is 5.95. The first-order chi connectivity index (χ1) is 9.63. The topological polar surface area (TPSA) is 22.1 Å². The number of aromatic nitrogens is 1. The molecule has 3 heteroatoms. The van der Waals surface area contributed by atoms with Crippen LogP contribution in [0.1, 0.15) is 35.7 Å².